The van der Waals surface area contributed by atoms with Crippen molar-refractivity contribution in [2.24, 2.45) is 0 Å². The third kappa shape index (κ3) is 2.37. The van der Waals surface area contributed by atoms with Crippen molar-refractivity contribution in [1.82, 2.24) is 4.90 Å². The quantitative estimate of drug-likeness (QED) is 0.715. The van der Waals surface area contributed by atoms with Crippen molar-refractivity contribution in [3.8, 4) is 5.75 Å². The van der Waals surface area contributed by atoms with Crippen molar-refractivity contribution in [3.63, 3.8) is 0 Å². The van der Waals surface area contributed by atoms with E-state index in [0.717, 1.165) is 19.2 Å². The van der Waals surface area contributed by atoms with E-state index < -0.39 is 5.43 Å². The van der Waals surface area contributed by atoms with Crippen LogP contribution in [0.3, 0.4) is 0 Å². The molecule has 0 unspecified atom stereocenters. The van der Waals surface area contributed by atoms with Gasteiger partial charge in [0, 0.05) is 19.2 Å². The number of aliphatic hydroxyl groups is 1. The molecule has 0 bridgehead atoms. The summed E-state index contributed by atoms with van der Waals surface area (Å²) in [4.78, 5) is 13.1. The summed E-state index contributed by atoms with van der Waals surface area (Å²) in [5.74, 6) is 0.132. The van der Waals surface area contributed by atoms with E-state index in [2.05, 4.69) is 0 Å². The molecule has 0 saturated carbocycles. The zero-order valence-corrected chi connectivity index (χ0v) is 8.22. The Bertz CT molecular complexity index is 401. The fourth-order valence-electron chi connectivity index (χ4n) is 1.70. The summed E-state index contributed by atoms with van der Waals surface area (Å²) in [5, 5.41) is 18.3. The van der Waals surface area contributed by atoms with Crippen LogP contribution in [0.1, 0.15) is 12.2 Å². The fraction of sp³-hybridized carbons (Fsp3) is 0.500. The van der Waals surface area contributed by atoms with Gasteiger partial charge in [-0.1, -0.05) is 0 Å². The smallest absolute Gasteiger partial charge is 0.226 e. The minimum Gasteiger partial charge on any atom is -0.502 e. The Morgan fingerprint density at radius 2 is 2.40 bits per heavy atom. The molecule has 1 atom stereocenters. The molecule has 2 rings (SSSR count). The molecule has 1 fully saturated rings. The monoisotopic (exact) mass is 211 g/mol. The van der Waals surface area contributed by atoms with Crippen LogP contribution in [0.2, 0.25) is 0 Å². The summed E-state index contributed by atoms with van der Waals surface area (Å²) in [6.45, 7) is 1.89. The Balaban J connectivity index is 2.05. The van der Waals surface area contributed by atoms with Gasteiger partial charge in [-0.3, -0.25) is 9.69 Å². The topological polar surface area (TPSA) is 73.9 Å². The molecule has 1 aromatic rings. The summed E-state index contributed by atoms with van der Waals surface area (Å²) in [5.41, 5.74) is -0.434. The van der Waals surface area contributed by atoms with Crippen LogP contribution < -0.4 is 5.43 Å². The van der Waals surface area contributed by atoms with Crippen LogP contribution in [-0.2, 0) is 6.54 Å². The molecule has 0 radical (unpaired) electrons. The molecule has 5 heteroatoms. The van der Waals surface area contributed by atoms with Crippen molar-refractivity contribution in [1.29, 1.82) is 0 Å². The molecule has 1 aromatic heterocycles. The molecule has 0 spiro atoms. The number of rotatable bonds is 2. The molecule has 0 amide bonds. The molecule has 2 N–H and O–H groups in total. The van der Waals surface area contributed by atoms with E-state index in [1.165, 1.54) is 6.07 Å². The zero-order chi connectivity index (χ0) is 10.8. The number of aliphatic hydroxyl groups excluding tert-OH is 1. The lowest BCUT2D eigenvalue weighted by Crippen LogP contribution is -2.22. The Kier molecular flexibility index (Phi) is 2.75. The predicted octanol–water partition coefficient (Wildman–Crippen LogP) is -0.0880. The van der Waals surface area contributed by atoms with Crippen molar-refractivity contribution < 1.29 is 14.6 Å². The Morgan fingerprint density at radius 3 is 3.00 bits per heavy atom. The van der Waals surface area contributed by atoms with E-state index in [9.17, 15) is 9.90 Å². The van der Waals surface area contributed by atoms with Crippen molar-refractivity contribution in [2.75, 3.05) is 13.1 Å². The van der Waals surface area contributed by atoms with Crippen LogP contribution in [0.25, 0.3) is 0 Å². The molecular weight excluding hydrogens is 198 g/mol. The van der Waals surface area contributed by atoms with Crippen LogP contribution in [0.15, 0.2) is 21.5 Å². The van der Waals surface area contributed by atoms with Crippen molar-refractivity contribution in [2.45, 2.75) is 19.1 Å². The highest BCUT2D eigenvalue weighted by Crippen LogP contribution is 2.13. The van der Waals surface area contributed by atoms with Gasteiger partial charge in [0.2, 0.25) is 5.43 Å². The maximum Gasteiger partial charge on any atom is 0.226 e. The highest BCUT2D eigenvalue weighted by molar-refractivity contribution is 5.15. The number of likely N-dealkylation sites (tertiary alicyclic amines) is 1. The predicted molar refractivity (Wildman–Crippen MR) is 52.5 cm³/mol. The number of hydrogen-bond donors (Lipinski definition) is 2. The van der Waals surface area contributed by atoms with E-state index in [-0.39, 0.29) is 11.9 Å². The Hall–Kier alpha value is -1.33. The zero-order valence-electron chi connectivity index (χ0n) is 8.22. The summed E-state index contributed by atoms with van der Waals surface area (Å²) < 4.78 is 5.06. The van der Waals surface area contributed by atoms with Gasteiger partial charge in [-0.15, -0.1) is 0 Å². The van der Waals surface area contributed by atoms with Crippen LogP contribution in [-0.4, -0.2) is 34.3 Å². The first-order chi connectivity index (χ1) is 7.15. The lowest BCUT2D eigenvalue weighted by Gasteiger charge is -2.13. The summed E-state index contributed by atoms with van der Waals surface area (Å²) in [6, 6.07) is 1.28. The van der Waals surface area contributed by atoms with Gasteiger partial charge in [0.15, 0.2) is 5.75 Å². The van der Waals surface area contributed by atoms with Crippen molar-refractivity contribution in [3.05, 3.63) is 28.3 Å². The second kappa shape index (κ2) is 4.04. The van der Waals surface area contributed by atoms with Crippen LogP contribution >= 0.6 is 0 Å². The SMILES string of the molecule is O=c1cc(CN2CC[C@@H](O)C2)occ1O. The second-order valence-corrected chi connectivity index (χ2v) is 3.77. The van der Waals surface area contributed by atoms with Gasteiger partial charge in [0.1, 0.15) is 12.0 Å². The molecule has 15 heavy (non-hydrogen) atoms. The number of nitrogens with zero attached hydrogens (tertiary/aromatic N) is 1. The lowest BCUT2D eigenvalue weighted by molar-refractivity contribution is 0.171. The number of aromatic hydroxyl groups is 1. The summed E-state index contributed by atoms with van der Waals surface area (Å²) in [6.07, 6.45) is 1.51. The average molecular weight is 211 g/mol. The first-order valence-corrected chi connectivity index (χ1v) is 4.86. The fourth-order valence-corrected chi connectivity index (χ4v) is 1.70. The van der Waals surface area contributed by atoms with Gasteiger partial charge < -0.3 is 14.6 Å². The standard InChI is InChI=1S/C10H13NO4/c12-7-1-2-11(4-7)5-8-3-9(13)10(14)6-15-8/h3,6-7,12,14H,1-2,4-5H2/t7-/m1/s1. The number of hydrogen-bond acceptors (Lipinski definition) is 5. The first-order valence-electron chi connectivity index (χ1n) is 4.86. The van der Waals surface area contributed by atoms with Crippen LogP contribution in [0.4, 0.5) is 0 Å². The van der Waals surface area contributed by atoms with Gasteiger partial charge in [0.25, 0.3) is 0 Å². The molecular formula is C10H13NO4. The molecule has 1 aliphatic heterocycles. The molecule has 5 nitrogen and oxygen atoms in total. The Labute approximate surface area is 86.6 Å². The van der Waals surface area contributed by atoms with E-state index in [0.29, 0.717) is 18.8 Å². The van der Waals surface area contributed by atoms with E-state index >= 15 is 0 Å². The normalized spacial score (nSPS) is 22.1. The lowest BCUT2D eigenvalue weighted by atomic mass is 10.3. The largest absolute Gasteiger partial charge is 0.502 e. The first kappa shape index (κ1) is 10.2. The van der Waals surface area contributed by atoms with Crippen LogP contribution in [0.5, 0.6) is 5.75 Å². The minimum absolute atomic E-state index is 0.283. The van der Waals surface area contributed by atoms with Gasteiger partial charge in [0.05, 0.1) is 12.6 Å². The summed E-state index contributed by atoms with van der Waals surface area (Å²) in [7, 11) is 0. The molecule has 2 heterocycles. The van der Waals surface area contributed by atoms with E-state index in [1.807, 2.05) is 4.90 Å². The molecule has 1 aliphatic rings. The highest BCUT2D eigenvalue weighted by atomic mass is 16.4. The van der Waals surface area contributed by atoms with E-state index in [1.54, 1.807) is 0 Å². The average Bonchev–Trinajstić information content (AvgIpc) is 2.58. The summed E-state index contributed by atoms with van der Waals surface area (Å²) >= 11 is 0. The third-order valence-electron chi connectivity index (χ3n) is 2.49. The molecule has 1 saturated heterocycles. The maximum absolute atomic E-state index is 11.1. The van der Waals surface area contributed by atoms with Gasteiger partial charge in [-0.2, -0.15) is 0 Å². The molecule has 0 aromatic carbocycles. The van der Waals surface area contributed by atoms with Gasteiger partial charge in [-0.25, -0.2) is 0 Å². The minimum atomic E-state index is -0.434. The van der Waals surface area contributed by atoms with Crippen LogP contribution in [0, 0.1) is 0 Å². The van der Waals surface area contributed by atoms with Gasteiger partial charge >= 0.3 is 0 Å². The number of β-amino-alcohol motifs (C(OH)–C–C–N with tert-alkyl or cyclic N) is 1. The van der Waals surface area contributed by atoms with Gasteiger partial charge in [-0.05, 0) is 6.42 Å². The second-order valence-electron chi connectivity index (χ2n) is 3.77. The van der Waals surface area contributed by atoms with Crippen molar-refractivity contribution >= 4 is 0 Å². The Morgan fingerprint density at radius 1 is 1.60 bits per heavy atom. The highest BCUT2D eigenvalue weighted by Gasteiger charge is 2.20. The van der Waals surface area contributed by atoms with E-state index in [4.69, 9.17) is 9.52 Å². The third-order valence-corrected chi connectivity index (χ3v) is 2.49. The molecule has 82 valence electrons. The maximum atomic E-state index is 11.1. The molecule has 0 aliphatic carbocycles.